The van der Waals surface area contributed by atoms with Crippen LogP contribution in [0.4, 0.5) is 0 Å². The summed E-state index contributed by atoms with van der Waals surface area (Å²) in [6, 6.07) is 9.81. The lowest BCUT2D eigenvalue weighted by atomic mass is 9.92. The molecule has 3 atom stereocenters. The SMILES string of the molecule is c1ccc2c(c1)CCO[C@@H]2CSC1=N[C@@H]2CCCC[C@@H]2N1. The number of nitrogens with one attached hydrogen (secondary N) is 1. The first-order chi connectivity index (χ1) is 10.4. The van der Waals surface area contributed by atoms with Crippen LogP contribution in [-0.2, 0) is 11.2 Å². The molecule has 0 saturated heterocycles. The first kappa shape index (κ1) is 13.6. The first-order valence-corrected chi connectivity index (χ1v) is 9.05. The highest BCUT2D eigenvalue weighted by atomic mass is 32.2. The number of ether oxygens (including phenoxy) is 1. The number of nitrogens with zero attached hydrogens (tertiary/aromatic N) is 1. The van der Waals surface area contributed by atoms with E-state index in [1.54, 1.807) is 0 Å². The van der Waals surface area contributed by atoms with Gasteiger partial charge in [-0.1, -0.05) is 48.9 Å². The summed E-state index contributed by atoms with van der Waals surface area (Å²) in [6.45, 7) is 0.841. The van der Waals surface area contributed by atoms with Crippen molar-refractivity contribution in [3.05, 3.63) is 35.4 Å². The van der Waals surface area contributed by atoms with Gasteiger partial charge in [0.25, 0.3) is 0 Å². The summed E-state index contributed by atoms with van der Waals surface area (Å²) in [5, 5.41) is 4.75. The molecule has 4 rings (SSSR count). The van der Waals surface area contributed by atoms with Crippen molar-refractivity contribution >= 4 is 16.9 Å². The largest absolute Gasteiger partial charge is 0.372 e. The van der Waals surface area contributed by atoms with Gasteiger partial charge in [0.05, 0.1) is 24.8 Å². The fraction of sp³-hybridized carbons (Fsp3) is 0.588. The Bertz CT molecular complexity index is 545. The van der Waals surface area contributed by atoms with Gasteiger partial charge in [0.15, 0.2) is 5.17 Å². The third-order valence-electron chi connectivity index (χ3n) is 4.79. The Morgan fingerprint density at radius 3 is 3.10 bits per heavy atom. The van der Waals surface area contributed by atoms with Gasteiger partial charge < -0.3 is 10.1 Å². The van der Waals surface area contributed by atoms with Gasteiger partial charge in [0.1, 0.15) is 0 Å². The summed E-state index contributed by atoms with van der Waals surface area (Å²) < 4.78 is 5.98. The van der Waals surface area contributed by atoms with Crippen molar-refractivity contribution in [3.63, 3.8) is 0 Å². The molecule has 0 unspecified atom stereocenters. The Kier molecular flexibility index (Phi) is 3.91. The molecule has 1 aromatic rings. The van der Waals surface area contributed by atoms with Crippen LogP contribution < -0.4 is 5.32 Å². The van der Waals surface area contributed by atoms with Gasteiger partial charge in [-0.3, -0.25) is 4.99 Å². The van der Waals surface area contributed by atoms with Crippen LogP contribution in [0, 0.1) is 0 Å². The zero-order valence-corrected chi connectivity index (χ0v) is 13.1. The van der Waals surface area contributed by atoms with Gasteiger partial charge in [-0.25, -0.2) is 0 Å². The zero-order valence-electron chi connectivity index (χ0n) is 12.3. The summed E-state index contributed by atoms with van der Waals surface area (Å²) in [5.41, 5.74) is 2.82. The van der Waals surface area contributed by atoms with Gasteiger partial charge >= 0.3 is 0 Å². The minimum Gasteiger partial charge on any atom is -0.372 e. The smallest absolute Gasteiger partial charge is 0.157 e. The van der Waals surface area contributed by atoms with Crippen molar-refractivity contribution < 1.29 is 4.74 Å². The second kappa shape index (κ2) is 6.01. The molecular formula is C17H22N2OS. The summed E-state index contributed by atoms with van der Waals surface area (Å²) in [7, 11) is 0. The number of rotatable bonds is 2. The number of fused-ring (bicyclic) bond motifs is 2. The van der Waals surface area contributed by atoms with Crippen LogP contribution in [-0.4, -0.2) is 29.6 Å². The van der Waals surface area contributed by atoms with E-state index in [4.69, 9.17) is 9.73 Å². The Morgan fingerprint density at radius 2 is 2.14 bits per heavy atom. The molecule has 1 fully saturated rings. The Hall–Kier alpha value is -1.00. The lowest BCUT2D eigenvalue weighted by Crippen LogP contribution is -2.36. The highest BCUT2D eigenvalue weighted by Crippen LogP contribution is 2.32. The van der Waals surface area contributed by atoms with Gasteiger partial charge in [0.2, 0.25) is 0 Å². The molecule has 21 heavy (non-hydrogen) atoms. The number of thioether (sulfide) groups is 1. The molecule has 3 aliphatic rings. The summed E-state index contributed by atoms with van der Waals surface area (Å²) in [4.78, 5) is 4.86. The van der Waals surface area contributed by atoms with Gasteiger partial charge in [0, 0.05) is 5.75 Å². The predicted molar refractivity (Wildman–Crippen MR) is 87.9 cm³/mol. The number of amidine groups is 1. The number of hydrogen-bond donors (Lipinski definition) is 1. The fourth-order valence-electron chi connectivity index (χ4n) is 3.63. The topological polar surface area (TPSA) is 33.6 Å². The lowest BCUT2D eigenvalue weighted by Gasteiger charge is -2.26. The molecule has 2 aliphatic heterocycles. The number of hydrogen-bond acceptors (Lipinski definition) is 4. The van der Waals surface area contributed by atoms with Gasteiger partial charge in [-0.2, -0.15) is 0 Å². The van der Waals surface area contributed by atoms with Crippen LogP contribution in [0.5, 0.6) is 0 Å². The molecule has 0 spiro atoms. The van der Waals surface area contributed by atoms with Crippen molar-refractivity contribution in [2.24, 2.45) is 4.99 Å². The minimum atomic E-state index is 0.215. The van der Waals surface area contributed by atoms with Crippen molar-refractivity contribution in [3.8, 4) is 0 Å². The van der Waals surface area contributed by atoms with Crippen molar-refractivity contribution in [1.29, 1.82) is 0 Å². The maximum atomic E-state index is 5.98. The molecule has 1 aromatic carbocycles. The summed E-state index contributed by atoms with van der Waals surface area (Å²) in [5.74, 6) is 0.961. The fourth-order valence-corrected chi connectivity index (χ4v) is 4.66. The third-order valence-corrected chi connectivity index (χ3v) is 5.75. The van der Waals surface area contributed by atoms with Crippen molar-refractivity contribution in [1.82, 2.24) is 5.32 Å². The molecule has 112 valence electrons. The maximum Gasteiger partial charge on any atom is 0.157 e. The summed E-state index contributed by atoms with van der Waals surface area (Å²) in [6.07, 6.45) is 6.48. The Morgan fingerprint density at radius 1 is 1.24 bits per heavy atom. The van der Waals surface area contributed by atoms with Crippen LogP contribution in [0.2, 0.25) is 0 Å². The molecule has 1 aliphatic carbocycles. The number of benzene rings is 1. The van der Waals surface area contributed by atoms with E-state index in [1.807, 2.05) is 11.8 Å². The van der Waals surface area contributed by atoms with E-state index in [-0.39, 0.29) is 6.10 Å². The van der Waals surface area contributed by atoms with Gasteiger partial charge in [-0.15, -0.1) is 0 Å². The molecule has 0 radical (unpaired) electrons. The van der Waals surface area contributed by atoms with Crippen molar-refractivity contribution in [2.45, 2.75) is 50.3 Å². The normalized spacial score (nSPS) is 31.0. The second-order valence-electron chi connectivity index (χ2n) is 6.16. The van der Waals surface area contributed by atoms with E-state index >= 15 is 0 Å². The quantitative estimate of drug-likeness (QED) is 0.910. The van der Waals surface area contributed by atoms with E-state index in [2.05, 4.69) is 29.6 Å². The van der Waals surface area contributed by atoms with Crippen LogP contribution in [0.3, 0.4) is 0 Å². The highest BCUT2D eigenvalue weighted by Gasteiger charge is 2.31. The zero-order chi connectivity index (χ0) is 14.1. The monoisotopic (exact) mass is 302 g/mol. The van der Waals surface area contributed by atoms with E-state index < -0.39 is 0 Å². The predicted octanol–water partition coefficient (Wildman–Crippen LogP) is 3.30. The Balaban J connectivity index is 1.40. The average molecular weight is 302 g/mol. The van der Waals surface area contributed by atoms with Crippen LogP contribution in [0.15, 0.2) is 29.3 Å². The molecule has 1 N–H and O–H groups in total. The lowest BCUT2D eigenvalue weighted by molar-refractivity contribution is 0.0589. The van der Waals surface area contributed by atoms with Crippen molar-refractivity contribution in [2.75, 3.05) is 12.4 Å². The van der Waals surface area contributed by atoms with E-state index in [1.165, 1.54) is 36.8 Å². The minimum absolute atomic E-state index is 0.215. The van der Waals surface area contributed by atoms with Gasteiger partial charge in [-0.05, 0) is 30.4 Å². The molecular weight excluding hydrogens is 280 g/mol. The molecule has 3 nitrogen and oxygen atoms in total. The standard InChI is InChI=1S/C17H22N2OS/c1-2-6-13-12(5-1)9-10-20-16(13)11-21-17-18-14-7-3-4-8-15(14)19-17/h1-2,5-6,14-16H,3-4,7-11H2,(H,18,19)/t14-,15+,16-/m1/s1. The molecule has 0 amide bonds. The van der Waals surface area contributed by atoms with Crippen LogP contribution in [0.25, 0.3) is 0 Å². The van der Waals surface area contributed by atoms with E-state index in [0.717, 1.165) is 23.9 Å². The molecule has 1 saturated carbocycles. The van der Waals surface area contributed by atoms with E-state index in [9.17, 15) is 0 Å². The second-order valence-corrected chi connectivity index (χ2v) is 7.16. The number of aliphatic imine (C=N–C) groups is 1. The maximum absolute atomic E-state index is 5.98. The Labute approximate surface area is 130 Å². The van der Waals surface area contributed by atoms with Crippen LogP contribution in [0.1, 0.15) is 42.9 Å². The molecule has 2 heterocycles. The molecule has 4 heteroatoms. The molecule has 0 bridgehead atoms. The third kappa shape index (κ3) is 2.84. The molecule has 0 aromatic heterocycles. The average Bonchev–Trinajstić information content (AvgIpc) is 2.96. The van der Waals surface area contributed by atoms with Crippen LogP contribution >= 0.6 is 11.8 Å². The highest BCUT2D eigenvalue weighted by molar-refractivity contribution is 8.13. The first-order valence-electron chi connectivity index (χ1n) is 8.07. The van der Waals surface area contributed by atoms with E-state index in [0.29, 0.717) is 12.1 Å². The summed E-state index contributed by atoms with van der Waals surface area (Å²) >= 11 is 1.83.